The summed E-state index contributed by atoms with van der Waals surface area (Å²) in [4.78, 5) is 30.2. The smallest absolute Gasteiger partial charge is 0.286 e. The second kappa shape index (κ2) is 6.92. The average molecular weight is 378 g/mol. The summed E-state index contributed by atoms with van der Waals surface area (Å²) in [7, 11) is 0. The van der Waals surface area contributed by atoms with Crippen LogP contribution in [-0.2, 0) is 13.1 Å². The van der Waals surface area contributed by atoms with Crippen molar-refractivity contribution in [2.45, 2.75) is 26.9 Å². The third-order valence-corrected chi connectivity index (χ3v) is 5.31. The van der Waals surface area contributed by atoms with E-state index < -0.39 is 0 Å². The Kier molecular flexibility index (Phi) is 4.45. The number of aromatic nitrogens is 4. The summed E-state index contributed by atoms with van der Waals surface area (Å²) in [6.07, 6.45) is 1.68. The van der Waals surface area contributed by atoms with Gasteiger partial charge in [-0.3, -0.25) is 18.9 Å². The molecule has 3 aromatic heterocycles. The fourth-order valence-electron chi connectivity index (χ4n) is 3.22. The minimum Gasteiger partial charge on any atom is -0.286 e. The monoisotopic (exact) mass is 378 g/mol. The third-order valence-electron chi connectivity index (χ3n) is 4.49. The zero-order valence-corrected chi connectivity index (χ0v) is 15.9. The highest BCUT2D eigenvalue weighted by atomic mass is 32.1. The SMILES string of the molecule is CCn1c(=O)c2snc(-c3ccccn3)c2n(Cc2cccc(C)c2)c1=O. The van der Waals surface area contributed by atoms with E-state index in [2.05, 4.69) is 9.36 Å². The maximum Gasteiger partial charge on any atom is 0.331 e. The number of hydrogen-bond acceptors (Lipinski definition) is 5. The molecule has 0 N–H and O–H groups in total. The molecule has 0 aliphatic carbocycles. The molecule has 0 unspecified atom stereocenters. The first-order valence-corrected chi connectivity index (χ1v) is 9.47. The topological polar surface area (TPSA) is 69.8 Å². The van der Waals surface area contributed by atoms with Gasteiger partial charge in [0.15, 0.2) is 0 Å². The molecule has 0 bridgehead atoms. The number of hydrogen-bond donors (Lipinski definition) is 0. The molecule has 0 amide bonds. The summed E-state index contributed by atoms with van der Waals surface area (Å²) in [5.41, 5.74) is 3.27. The number of aryl methyl sites for hydroxylation is 1. The lowest BCUT2D eigenvalue weighted by Crippen LogP contribution is -2.39. The highest BCUT2D eigenvalue weighted by Gasteiger charge is 2.20. The van der Waals surface area contributed by atoms with Gasteiger partial charge in [-0.25, -0.2) is 4.79 Å². The molecule has 0 saturated carbocycles. The molecular formula is C20H18N4O2S. The minimum absolute atomic E-state index is 0.294. The van der Waals surface area contributed by atoms with Gasteiger partial charge in [-0.2, -0.15) is 4.37 Å². The third kappa shape index (κ3) is 3.00. The number of pyridine rings is 1. The first kappa shape index (κ1) is 17.4. The van der Waals surface area contributed by atoms with E-state index in [0.717, 1.165) is 22.7 Å². The van der Waals surface area contributed by atoms with E-state index >= 15 is 0 Å². The van der Waals surface area contributed by atoms with Crippen LogP contribution in [0, 0.1) is 6.92 Å². The Hall–Kier alpha value is -3.06. The van der Waals surface area contributed by atoms with Gasteiger partial charge in [0, 0.05) is 12.7 Å². The second-order valence-corrected chi connectivity index (χ2v) is 7.10. The van der Waals surface area contributed by atoms with Crippen LogP contribution in [0.4, 0.5) is 0 Å². The molecule has 7 heteroatoms. The first-order chi connectivity index (χ1) is 13.1. The largest absolute Gasteiger partial charge is 0.331 e. The van der Waals surface area contributed by atoms with Crippen LogP contribution >= 0.6 is 11.5 Å². The van der Waals surface area contributed by atoms with Crippen LogP contribution in [0.15, 0.2) is 58.3 Å². The van der Waals surface area contributed by atoms with Crippen LogP contribution in [-0.4, -0.2) is 18.5 Å². The Bertz CT molecular complexity index is 1240. The second-order valence-electron chi connectivity index (χ2n) is 6.33. The van der Waals surface area contributed by atoms with Crippen LogP contribution < -0.4 is 11.2 Å². The molecule has 0 spiro atoms. The van der Waals surface area contributed by atoms with Crippen molar-refractivity contribution in [1.29, 1.82) is 0 Å². The predicted molar refractivity (Wildman–Crippen MR) is 107 cm³/mol. The van der Waals surface area contributed by atoms with Crippen molar-refractivity contribution in [3.05, 3.63) is 80.6 Å². The van der Waals surface area contributed by atoms with Crippen molar-refractivity contribution in [2.24, 2.45) is 0 Å². The molecule has 27 heavy (non-hydrogen) atoms. The highest BCUT2D eigenvalue weighted by molar-refractivity contribution is 7.13. The minimum atomic E-state index is -0.325. The van der Waals surface area contributed by atoms with Gasteiger partial charge < -0.3 is 0 Å². The summed E-state index contributed by atoms with van der Waals surface area (Å²) >= 11 is 1.12. The van der Waals surface area contributed by atoms with E-state index in [4.69, 9.17) is 0 Å². The van der Waals surface area contributed by atoms with Gasteiger partial charge in [0.2, 0.25) is 0 Å². The lowest BCUT2D eigenvalue weighted by Gasteiger charge is -2.12. The fourth-order valence-corrected chi connectivity index (χ4v) is 4.06. The van der Waals surface area contributed by atoms with Gasteiger partial charge in [-0.05, 0) is 43.1 Å². The highest BCUT2D eigenvalue weighted by Crippen LogP contribution is 2.27. The number of rotatable bonds is 4. The molecule has 4 rings (SSSR count). The summed E-state index contributed by atoms with van der Waals surface area (Å²) in [5, 5.41) is 0. The summed E-state index contributed by atoms with van der Waals surface area (Å²) in [6, 6.07) is 13.5. The fraction of sp³-hybridized carbons (Fsp3) is 0.200. The number of nitrogens with zero attached hydrogens (tertiary/aromatic N) is 4. The molecule has 6 nitrogen and oxygen atoms in total. The molecule has 0 aliphatic rings. The van der Waals surface area contributed by atoms with Crippen molar-refractivity contribution >= 4 is 21.7 Å². The lowest BCUT2D eigenvalue weighted by atomic mass is 10.1. The Labute approximate surface area is 159 Å². The van der Waals surface area contributed by atoms with E-state index in [1.807, 2.05) is 49.4 Å². The van der Waals surface area contributed by atoms with Crippen LogP contribution in [0.2, 0.25) is 0 Å². The molecular weight excluding hydrogens is 360 g/mol. The Morgan fingerprint density at radius 1 is 1.07 bits per heavy atom. The molecule has 1 aromatic carbocycles. The van der Waals surface area contributed by atoms with Crippen molar-refractivity contribution in [1.82, 2.24) is 18.5 Å². The first-order valence-electron chi connectivity index (χ1n) is 8.70. The van der Waals surface area contributed by atoms with E-state index in [0.29, 0.717) is 34.7 Å². The maximum absolute atomic E-state index is 13.1. The van der Waals surface area contributed by atoms with Crippen LogP contribution in [0.3, 0.4) is 0 Å². The van der Waals surface area contributed by atoms with Crippen molar-refractivity contribution in [2.75, 3.05) is 0 Å². The van der Waals surface area contributed by atoms with Gasteiger partial charge in [-0.1, -0.05) is 35.9 Å². The Morgan fingerprint density at radius 3 is 2.63 bits per heavy atom. The van der Waals surface area contributed by atoms with Crippen LogP contribution in [0.5, 0.6) is 0 Å². The van der Waals surface area contributed by atoms with Gasteiger partial charge in [0.1, 0.15) is 10.4 Å². The average Bonchev–Trinajstić information content (AvgIpc) is 3.12. The van der Waals surface area contributed by atoms with Gasteiger partial charge in [0.25, 0.3) is 5.56 Å². The van der Waals surface area contributed by atoms with Gasteiger partial charge >= 0.3 is 5.69 Å². The van der Waals surface area contributed by atoms with Gasteiger partial charge in [-0.15, -0.1) is 0 Å². The molecule has 0 aliphatic heterocycles. The van der Waals surface area contributed by atoms with Crippen molar-refractivity contribution in [3.8, 4) is 11.4 Å². The summed E-state index contributed by atoms with van der Waals surface area (Å²) in [6.45, 7) is 4.50. The zero-order chi connectivity index (χ0) is 19.0. The summed E-state index contributed by atoms with van der Waals surface area (Å²) < 4.78 is 7.85. The van der Waals surface area contributed by atoms with Crippen molar-refractivity contribution < 1.29 is 0 Å². The van der Waals surface area contributed by atoms with E-state index in [1.165, 1.54) is 4.57 Å². The van der Waals surface area contributed by atoms with E-state index in [-0.39, 0.29) is 11.2 Å². The molecule has 3 heterocycles. The predicted octanol–water partition coefficient (Wildman–Crippen LogP) is 3.06. The number of fused-ring (bicyclic) bond motifs is 1. The summed E-state index contributed by atoms with van der Waals surface area (Å²) in [5.74, 6) is 0. The molecule has 0 atom stereocenters. The maximum atomic E-state index is 13.1. The van der Waals surface area contributed by atoms with Gasteiger partial charge in [0.05, 0.1) is 17.8 Å². The molecule has 4 aromatic rings. The molecule has 0 fully saturated rings. The quantitative estimate of drug-likeness (QED) is 0.547. The van der Waals surface area contributed by atoms with Crippen LogP contribution in [0.1, 0.15) is 18.1 Å². The normalized spacial score (nSPS) is 11.2. The Balaban J connectivity index is 2.04. The zero-order valence-electron chi connectivity index (χ0n) is 15.0. The van der Waals surface area contributed by atoms with Crippen LogP contribution in [0.25, 0.3) is 21.6 Å². The van der Waals surface area contributed by atoms with E-state index in [9.17, 15) is 9.59 Å². The Morgan fingerprint density at radius 2 is 1.93 bits per heavy atom. The molecule has 0 saturated heterocycles. The van der Waals surface area contributed by atoms with E-state index in [1.54, 1.807) is 17.7 Å². The van der Waals surface area contributed by atoms with Crippen molar-refractivity contribution in [3.63, 3.8) is 0 Å². The molecule has 0 radical (unpaired) electrons. The standard InChI is InChI=1S/C20H18N4O2S/c1-3-23-19(25)18-17(16(22-27-18)15-9-4-5-10-21-15)24(20(23)26)12-14-8-6-7-13(2)11-14/h4-11H,3,12H2,1-2H3. The molecule has 136 valence electrons. The lowest BCUT2D eigenvalue weighted by molar-refractivity contribution is 0.620. The number of benzene rings is 1.